The van der Waals surface area contributed by atoms with Gasteiger partial charge in [0, 0.05) is 17.5 Å². The molecule has 0 fully saturated rings. The van der Waals surface area contributed by atoms with Crippen molar-refractivity contribution in [1.82, 2.24) is 5.32 Å². The molecule has 4 nitrogen and oxygen atoms in total. The number of rotatable bonds is 7. The minimum atomic E-state index is -0.00307. The Balaban J connectivity index is 1.86. The predicted molar refractivity (Wildman–Crippen MR) is 107 cm³/mol. The number of carbonyl (C=O) groups is 1. The Labute approximate surface area is 160 Å². The van der Waals surface area contributed by atoms with Crippen LogP contribution in [0.4, 0.5) is 0 Å². The van der Waals surface area contributed by atoms with Gasteiger partial charge in [-0.2, -0.15) is 0 Å². The van der Waals surface area contributed by atoms with Gasteiger partial charge in [0.15, 0.2) is 0 Å². The summed E-state index contributed by atoms with van der Waals surface area (Å²) in [7, 11) is 3.22. The van der Waals surface area contributed by atoms with Gasteiger partial charge in [0.25, 0.3) is 0 Å². The van der Waals surface area contributed by atoms with Gasteiger partial charge < -0.3 is 14.8 Å². The van der Waals surface area contributed by atoms with Gasteiger partial charge in [-0.15, -0.1) is 11.8 Å². The molecule has 0 aliphatic carbocycles. The molecule has 2 aromatic carbocycles. The van der Waals surface area contributed by atoms with Crippen molar-refractivity contribution in [2.24, 2.45) is 0 Å². The predicted octanol–water partition coefficient (Wildman–Crippen LogP) is 4.41. The molecular formula is C21H27NO3S. The zero-order chi connectivity index (χ0) is 19.2. The maximum Gasteiger partial charge on any atom is 0.230 e. The molecule has 0 atom stereocenters. The summed E-state index contributed by atoms with van der Waals surface area (Å²) in [6, 6.07) is 14.0. The van der Waals surface area contributed by atoms with Gasteiger partial charge in [0.05, 0.1) is 20.0 Å². The van der Waals surface area contributed by atoms with Crippen molar-refractivity contribution in [3.05, 3.63) is 53.6 Å². The summed E-state index contributed by atoms with van der Waals surface area (Å²) >= 11 is 1.54. The zero-order valence-corrected chi connectivity index (χ0v) is 16.9. The fourth-order valence-electron chi connectivity index (χ4n) is 2.42. The van der Waals surface area contributed by atoms with Crippen molar-refractivity contribution in [3.8, 4) is 11.5 Å². The van der Waals surface area contributed by atoms with Gasteiger partial charge >= 0.3 is 0 Å². The minimum Gasteiger partial charge on any atom is -0.497 e. The number of methoxy groups -OCH3 is 2. The van der Waals surface area contributed by atoms with Crippen LogP contribution in [0, 0.1) is 0 Å². The van der Waals surface area contributed by atoms with Crippen LogP contribution >= 0.6 is 11.8 Å². The summed E-state index contributed by atoms with van der Waals surface area (Å²) in [5, 5.41) is 2.94. The largest absolute Gasteiger partial charge is 0.497 e. The molecule has 0 spiro atoms. The second kappa shape index (κ2) is 8.99. The molecule has 2 rings (SSSR count). The molecule has 26 heavy (non-hydrogen) atoms. The second-order valence-electron chi connectivity index (χ2n) is 7.06. The highest BCUT2D eigenvalue weighted by Gasteiger charge is 2.13. The highest BCUT2D eigenvalue weighted by atomic mass is 32.2. The number of benzene rings is 2. The van der Waals surface area contributed by atoms with Gasteiger partial charge in [-0.3, -0.25) is 4.79 Å². The molecular weight excluding hydrogens is 346 g/mol. The third-order valence-corrected chi connectivity index (χ3v) is 5.00. The number of amides is 1. The number of nitrogens with one attached hydrogen (secondary N) is 1. The lowest BCUT2D eigenvalue weighted by atomic mass is 9.87. The highest BCUT2D eigenvalue weighted by molar-refractivity contribution is 8.00. The SMILES string of the molecule is COc1cc(CNC(=O)CSc2ccc(C(C)(C)C)cc2)cc(OC)c1. The van der Waals surface area contributed by atoms with Crippen molar-refractivity contribution < 1.29 is 14.3 Å². The van der Waals surface area contributed by atoms with Crippen LogP contribution in [0.5, 0.6) is 11.5 Å². The topological polar surface area (TPSA) is 47.6 Å². The molecule has 1 amide bonds. The Kier molecular flexibility index (Phi) is 6.98. The molecule has 0 radical (unpaired) electrons. The number of ether oxygens (including phenoxy) is 2. The van der Waals surface area contributed by atoms with Crippen LogP contribution in [0.2, 0.25) is 0 Å². The molecule has 0 saturated carbocycles. The molecule has 0 heterocycles. The van der Waals surface area contributed by atoms with Gasteiger partial charge in [0.2, 0.25) is 5.91 Å². The Bertz CT molecular complexity index is 714. The van der Waals surface area contributed by atoms with E-state index in [1.165, 1.54) is 17.3 Å². The average molecular weight is 374 g/mol. The lowest BCUT2D eigenvalue weighted by Crippen LogP contribution is -2.24. The van der Waals surface area contributed by atoms with Crippen LogP contribution in [-0.4, -0.2) is 25.9 Å². The zero-order valence-electron chi connectivity index (χ0n) is 16.1. The number of carbonyl (C=O) groups excluding carboxylic acids is 1. The first-order chi connectivity index (χ1) is 12.3. The molecule has 0 aromatic heterocycles. The monoisotopic (exact) mass is 373 g/mol. The summed E-state index contributed by atoms with van der Waals surface area (Å²) in [4.78, 5) is 13.2. The summed E-state index contributed by atoms with van der Waals surface area (Å²) in [5.74, 6) is 1.80. The molecule has 0 saturated heterocycles. The molecule has 0 bridgehead atoms. The van der Waals surface area contributed by atoms with E-state index >= 15 is 0 Å². The summed E-state index contributed by atoms with van der Waals surface area (Å²) in [6.07, 6.45) is 0. The Hall–Kier alpha value is -2.14. The molecule has 5 heteroatoms. The number of hydrogen-bond donors (Lipinski definition) is 1. The van der Waals surface area contributed by atoms with Crippen LogP contribution in [0.15, 0.2) is 47.4 Å². The van der Waals surface area contributed by atoms with Crippen molar-refractivity contribution in [2.75, 3.05) is 20.0 Å². The fraction of sp³-hybridized carbons (Fsp3) is 0.381. The maximum absolute atomic E-state index is 12.1. The standard InChI is InChI=1S/C21H27NO3S/c1-21(2,3)16-6-8-19(9-7-16)26-14-20(23)22-13-15-10-17(24-4)12-18(11-15)25-5/h6-12H,13-14H2,1-5H3,(H,22,23). The number of thioether (sulfide) groups is 1. The van der Waals surface area contributed by atoms with Crippen LogP contribution in [0.1, 0.15) is 31.9 Å². The van der Waals surface area contributed by atoms with Crippen LogP contribution in [-0.2, 0) is 16.8 Å². The number of hydrogen-bond acceptors (Lipinski definition) is 4. The van der Waals surface area contributed by atoms with Crippen molar-refractivity contribution in [2.45, 2.75) is 37.6 Å². The van der Waals surface area contributed by atoms with Crippen LogP contribution < -0.4 is 14.8 Å². The van der Waals surface area contributed by atoms with E-state index in [0.717, 1.165) is 10.5 Å². The third-order valence-electron chi connectivity index (χ3n) is 3.99. The quantitative estimate of drug-likeness (QED) is 0.730. The maximum atomic E-state index is 12.1. The third kappa shape index (κ3) is 5.99. The molecule has 0 aliphatic rings. The average Bonchev–Trinajstić information content (AvgIpc) is 2.63. The van der Waals surface area contributed by atoms with E-state index in [2.05, 4.69) is 50.4 Å². The van der Waals surface area contributed by atoms with E-state index in [4.69, 9.17) is 9.47 Å². The lowest BCUT2D eigenvalue weighted by molar-refractivity contribution is -0.118. The van der Waals surface area contributed by atoms with Crippen molar-refractivity contribution in [1.29, 1.82) is 0 Å². The van der Waals surface area contributed by atoms with E-state index in [-0.39, 0.29) is 11.3 Å². The Morgan fingerprint density at radius 1 is 1.00 bits per heavy atom. The smallest absolute Gasteiger partial charge is 0.230 e. The normalized spacial score (nSPS) is 11.1. The van der Waals surface area contributed by atoms with E-state index in [0.29, 0.717) is 23.8 Å². The molecule has 0 unspecified atom stereocenters. The van der Waals surface area contributed by atoms with Gasteiger partial charge in [0.1, 0.15) is 11.5 Å². The summed E-state index contributed by atoms with van der Waals surface area (Å²) in [6.45, 7) is 7.01. The van der Waals surface area contributed by atoms with Crippen LogP contribution in [0.25, 0.3) is 0 Å². The van der Waals surface area contributed by atoms with E-state index in [9.17, 15) is 4.79 Å². The lowest BCUT2D eigenvalue weighted by Gasteiger charge is -2.19. The van der Waals surface area contributed by atoms with E-state index in [1.54, 1.807) is 14.2 Å². The van der Waals surface area contributed by atoms with Crippen molar-refractivity contribution >= 4 is 17.7 Å². The fourth-order valence-corrected chi connectivity index (χ4v) is 3.15. The first-order valence-electron chi connectivity index (χ1n) is 8.54. The van der Waals surface area contributed by atoms with Gasteiger partial charge in [-0.25, -0.2) is 0 Å². The highest BCUT2D eigenvalue weighted by Crippen LogP contribution is 2.26. The first kappa shape index (κ1) is 20.2. The second-order valence-corrected chi connectivity index (χ2v) is 8.11. The first-order valence-corrected chi connectivity index (χ1v) is 9.52. The molecule has 0 aliphatic heterocycles. The Morgan fingerprint density at radius 3 is 2.08 bits per heavy atom. The summed E-state index contributed by atoms with van der Waals surface area (Å²) < 4.78 is 10.5. The Morgan fingerprint density at radius 2 is 1.58 bits per heavy atom. The van der Waals surface area contributed by atoms with Crippen molar-refractivity contribution in [3.63, 3.8) is 0 Å². The van der Waals surface area contributed by atoms with Crippen LogP contribution in [0.3, 0.4) is 0 Å². The summed E-state index contributed by atoms with van der Waals surface area (Å²) in [5.41, 5.74) is 2.37. The van der Waals surface area contributed by atoms with Gasteiger partial charge in [-0.1, -0.05) is 32.9 Å². The minimum absolute atomic E-state index is 0.00307. The van der Waals surface area contributed by atoms with E-state index in [1.807, 2.05) is 18.2 Å². The molecule has 1 N–H and O–H groups in total. The van der Waals surface area contributed by atoms with E-state index < -0.39 is 0 Å². The molecule has 140 valence electrons. The molecule has 2 aromatic rings. The van der Waals surface area contributed by atoms with Gasteiger partial charge in [-0.05, 0) is 40.8 Å².